The van der Waals surface area contributed by atoms with Crippen LogP contribution in [0.15, 0.2) is 54.6 Å². The first-order valence-electron chi connectivity index (χ1n) is 10.5. The molecule has 1 N–H and O–H groups in total. The first-order valence-corrected chi connectivity index (χ1v) is 11.9. The van der Waals surface area contributed by atoms with Crippen molar-refractivity contribution in [3.05, 3.63) is 71.4 Å². The number of para-hydroxylation sites is 1. The highest BCUT2D eigenvalue weighted by Gasteiger charge is 2.45. The van der Waals surface area contributed by atoms with Crippen LogP contribution in [0.3, 0.4) is 0 Å². The Hall–Kier alpha value is -2.19. The number of hydrogen-bond acceptors (Lipinski definition) is 3. The van der Waals surface area contributed by atoms with E-state index < -0.39 is 15.8 Å². The fourth-order valence-corrected chi connectivity index (χ4v) is 6.21. The number of nitrogens with zero attached hydrogens (tertiary/aromatic N) is 2. The lowest BCUT2D eigenvalue weighted by Crippen LogP contribution is -2.51. The summed E-state index contributed by atoms with van der Waals surface area (Å²) in [6.45, 7) is 1.95. The Morgan fingerprint density at radius 3 is 2.53 bits per heavy atom. The second-order valence-corrected chi connectivity index (χ2v) is 10.3. The van der Waals surface area contributed by atoms with Crippen LogP contribution in [0, 0.1) is 0 Å². The van der Waals surface area contributed by atoms with Crippen molar-refractivity contribution in [1.82, 2.24) is 13.6 Å². The number of aromatic nitrogens is 1. The van der Waals surface area contributed by atoms with Gasteiger partial charge in [0.2, 0.25) is 0 Å². The molecule has 0 amide bonds. The molecule has 30 heavy (non-hydrogen) atoms. The van der Waals surface area contributed by atoms with Crippen LogP contribution in [0.1, 0.15) is 29.7 Å². The van der Waals surface area contributed by atoms with Gasteiger partial charge in [0.05, 0.1) is 12.3 Å². The summed E-state index contributed by atoms with van der Waals surface area (Å²) < 4.78 is 35.7. The Kier molecular flexibility index (Phi) is 4.94. The molecule has 0 radical (unpaired) electrons. The largest absolute Gasteiger partial charge is 0.368 e. The molecule has 3 heterocycles. The zero-order chi connectivity index (χ0) is 20.8. The third-order valence-corrected chi connectivity index (χ3v) is 8.43. The molecule has 0 unspecified atom stereocenters. The quantitative estimate of drug-likeness (QED) is 0.697. The number of rotatable bonds is 4. The van der Waals surface area contributed by atoms with Crippen molar-refractivity contribution in [3.63, 3.8) is 0 Å². The second-order valence-electron chi connectivity index (χ2n) is 8.27. The third-order valence-electron chi connectivity index (χ3n) is 6.50. The zero-order valence-electron chi connectivity index (χ0n) is 17.2. The smallest absolute Gasteiger partial charge is 0.282 e. The van der Waals surface area contributed by atoms with E-state index in [1.165, 1.54) is 15.3 Å². The summed E-state index contributed by atoms with van der Waals surface area (Å²) in [5, 5.41) is 1.26. The molecule has 7 heteroatoms. The molecule has 6 nitrogen and oxygen atoms in total. The van der Waals surface area contributed by atoms with Gasteiger partial charge in [0.25, 0.3) is 10.2 Å². The van der Waals surface area contributed by atoms with Gasteiger partial charge >= 0.3 is 0 Å². The lowest BCUT2D eigenvalue weighted by atomic mass is 9.84. The van der Waals surface area contributed by atoms with Crippen molar-refractivity contribution in [2.24, 2.45) is 0 Å². The van der Waals surface area contributed by atoms with Crippen molar-refractivity contribution in [2.75, 3.05) is 26.7 Å². The van der Waals surface area contributed by atoms with Crippen molar-refractivity contribution in [3.8, 4) is 0 Å². The van der Waals surface area contributed by atoms with Crippen molar-refractivity contribution in [1.29, 1.82) is 0 Å². The Labute approximate surface area is 177 Å². The van der Waals surface area contributed by atoms with Crippen LogP contribution in [0.4, 0.5) is 0 Å². The van der Waals surface area contributed by atoms with Gasteiger partial charge in [-0.1, -0.05) is 48.5 Å². The molecule has 0 atom stereocenters. The summed E-state index contributed by atoms with van der Waals surface area (Å²) >= 11 is 0. The van der Waals surface area contributed by atoms with Gasteiger partial charge in [-0.3, -0.25) is 0 Å². The van der Waals surface area contributed by atoms with Crippen LogP contribution >= 0.6 is 0 Å². The van der Waals surface area contributed by atoms with Crippen LogP contribution in [0.2, 0.25) is 0 Å². The van der Waals surface area contributed by atoms with Crippen molar-refractivity contribution < 1.29 is 13.2 Å². The molecule has 0 saturated carbocycles. The molecule has 158 valence electrons. The molecule has 3 aromatic rings. The van der Waals surface area contributed by atoms with Crippen molar-refractivity contribution >= 4 is 21.1 Å². The molecule has 1 saturated heterocycles. The van der Waals surface area contributed by atoms with Crippen LogP contribution < -0.4 is 0 Å². The summed E-state index contributed by atoms with van der Waals surface area (Å²) in [7, 11) is -1.86. The summed E-state index contributed by atoms with van der Waals surface area (Å²) in [4.78, 5) is 3.58. The van der Waals surface area contributed by atoms with Gasteiger partial charge in [0.15, 0.2) is 0 Å². The van der Waals surface area contributed by atoms with Gasteiger partial charge in [0.1, 0.15) is 5.60 Å². The van der Waals surface area contributed by atoms with Crippen LogP contribution in [-0.4, -0.2) is 48.8 Å². The van der Waals surface area contributed by atoms with E-state index in [-0.39, 0.29) is 0 Å². The molecule has 5 rings (SSSR count). The van der Waals surface area contributed by atoms with E-state index in [1.807, 2.05) is 36.4 Å². The highest BCUT2D eigenvalue weighted by atomic mass is 32.2. The highest BCUT2D eigenvalue weighted by Crippen LogP contribution is 2.43. The first kappa shape index (κ1) is 19.8. The van der Waals surface area contributed by atoms with E-state index in [0.717, 1.165) is 23.2 Å². The molecule has 1 fully saturated rings. The third kappa shape index (κ3) is 3.26. The maximum atomic E-state index is 13.2. The standard InChI is InChI=1S/C23H27N3O3S/c1-25(17-18-7-3-2-4-8-18)30(27,28)26-14-12-23(13-15-26)22-20(11-16-29-23)19-9-5-6-10-21(19)24-22/h2-10,24H,11-17H2,1H3. The van der Waals surface area contributed by atoms with Gasteiger partial charge in [-0.15, -0.1) is 0 Å². The average molecular weight is 426 g/mol. The van der Waals surface area contributed by atoms with Gasteiger partial charge in [-0.2, -0.15) is 17.0 Å². The van der Waals surface area contributed by atoms with E-state index in [4.69, 9.17) is 4.74 Å². The van der Waals surface area contributed by atoms with E-state index in [1.54, 1.807) is 11.4 Å². The van der Waals surface area contributed by atoms with Crippen LogP contribution in [-0.2, 0) is 33.5 Å². The number of ether oxygens (including phenoxy) is 1. The van der Waals surface area contributed by atoms with Gasteiger partial charge in [-0.25, -0.2) is 0 Å². The highest BCUT2D eigenvalue weighted by molar-refractivity contribution is 7.86. The SMILES string of the molecule is CN(Cc1ccccc1)S(=O)(=O)N1CCC2(CC1)OCCc1c2[nH]c2ccccc12. The maximum absolute atomic E-state index is 13.2. The monoisotopic (exact) mass is 425 g/mol. The summed E-state index contributed by atoms with van der Waals surface area (Å²) in [5.41, 5.74) is 4.16. The first-order chi connectivity index (χ1) is 14.5. The Balaban J connectivity index is 1.35. The second kappa shape index (κ2) is 7.50. The van der Waals surface area contributed by atoms with Gasteiger partial charge in [0, 0.05) is 37.6 Å². The molecule has 1 spiro atoms. The predicted octanol–water partition coefficient (Wildman–Crippen LogP) is 3.41. The minimum absolute atomic E-state index is 0.369. The molecular weight excluding hydrogens is 398 g/mol. The zero-order valence-corrected chi connectivity index (χ0v) is 18.0. The summed E-state index contributed by atoms with van der Waals surface area (Å²) in [6.07, 6.45) is 2.21. The van der Waals surface area contributed by atoms with Crippen LogP contribution in [0.5, 0.6) is 0 Å². The molecule has 0 bridgehead atoms. The number of hydrogen-bond donors (Lipinski definition) is 1. The molecular formula is C23H27N3O3S. The van der Waals surface area contributed by atoms with E-state index >= 15 is 0 Å². The minimum Gasteiger partial charge on any atom is -0.368 e. The molecule has 0 aliphatic carbocycles. The lowest BCUT2D eigenvalue weighted by molar-refractivity contribution is -0.0918. The average Bonchev–Trinajstić information content (AvgIpc) is 3.15. The Morgan fingerprint density at radius 2 is 1.77 bits per heavy atom. The van der Waals surface area contributed by atoms with Crippen LogP contribution in [0.25, 0.3) is 10.9 Å². The number of benzene rings is 2. The summed E-state index contributed by atoms with van der Waals surface area (Å²) in [5.74, 6) is 0. The fourth-order valence-electron chi connectivity index (χ4n) is 4.86. The van der Waals surface area contributed by atoms with E-state index in [9.17, 15) is 8.42 Å². The minimum atomic E-state index is -3.52. The lowest BCUT2D eigenvalue weighted by Gasteiger charge is -2.43. The van der Waals surface area contributed by atoms with Gasteiger partial charge in [-0.05, 0) is 36.5 Å². The number of aromatic amines is 1. The summed E-state index contributed by atoms with van der Waals surface area (Å²) in [6, 6.07) is 18.0. The number of piperidine rings is 1. The number of nitrogens with one attached hydrogen (secondary N) is 1. The van der Waals surface area contributed by atoms with E-state index in [0.29, 0.717) is 39.1 Å². The van der Waals surface area contributed by atoms with Crippen molar-refractivity contribution in [2.45, 2.75) is 31.4 Å². The predicted molar refractivity (Wildman–Crippen MR) is 117 cm³/mol. The number of fused-ring (bicyclic) bond motifs is 4. The topological polar surface area (TPSA) is 65.6 Å². The molecule has 1 aromatic heterocycles. The Morgan fingerprint density at radius 1 is 1.07 bits per heavy atom. The molecule has 2 aliphatic rings. The maximum Gasteiger partial charge on any atom is 0.282 e. The fraction of sp³-hybridized carbons (Fsp3) is 0.391. The molecule has 2 aromatic carbocycles. The number of H-pyrrole nitrogens is 1. The molecule has 2 aliphatic heterocycles. The van der Waals surface area contributed by atoms with Gasteiger partial charge < -0.3 is 9.72 Å². The van der Waals surface area contributed by atoms with E-state index in [2.05, 4.69) is 23.2 Å². The Bertz CT molecular complexity index is 1150. The normalized spacial score (nSPS) is 19.4.